The molecule has 0 bridgehead atoms. The second-order valence-corrected chi connectivity index (χ2v) is 4.93. The standard InChI is InChI=1S/C12H21N3O6/c1-5-20-10(18)6-8(16)14-15-9(17)7-13-11(19)21-12(2,3)4/h5-7H2,1-4H3,(H,13,19)(H,14,16)(H,15,17). The summed E-state index contributed by atoms with van der Waals surface area (Å²) < 4.78 is 9.47. The predicted octanol–water partition coefficient (Wildman–Crippen LogP) is -0.388. The van der Waals surface area contributed by atoms with Crippen molar-refractivity contribution in [1.29, 1.82) is 0 Å². The van der Waals surface area contributed by atoms with Crippen molar-refractivity contribution < 1.29 is 28.7 Å². The van der Waals surface area contributed by atoms with Crippen LogP contribution < -0.4 is 16.2 Å². The highest BCUT2D eigenvalue weighted by Gasteiger charge is 2.17. The van der Waals surface area contributed by atoms with E-state index in [0.29, 0.717) is 0 Å². The highest BCUT2D eigenvalue weighted by Crippen LogP contribution is 2.05. The molecule has 9 heteroatoms. The van der Waals surface area contributed by atoms with Gasteiger partial charge in [0.05, 0.1) is 6.61 Å². The van der Waals surface area contributed by atoms with E-state index >= 15 is 0 Å². The predicted molar refractivity (Wildman–Crippen MR) is 71.8 cm³/mol. The SMILES string of the molecule is CCOC(=O)CC(=O)NNC(=O)CNC(=O)OC(C)(C)C. The first-order chi connectivity index (χ1) is 9.64. The van der Waals surface area contributed by atoms with E-state index in [-0.39, 0.29) is 13.2 Å². The number of carbonyl (C=O) groups excluding carboxylic acids is 4. The van der Waals surface area contributed by atoms with Crippen molar-refractivity contribution >= 4 is 23.9 Å². The van der Waals surface area contributed by atoms with Crippen LogP contribution in [0.3, 0.4) is 0 Å². The Morgan fingerprint density at radius 3 is 2.10 bits per heavy atom. The van der Waals surface area contributed by atoms with Crippen LogP contribution in [0.15, 0.2) is 0 Å². The van der Waals surface area contributed by atoms with Crippen LogP contribution in [0.4, 0.5) is 4.79 Å². The van der Waals surface area contributed by atoms with Gasteiger partial charge in [0, 0.05) is 0 Å². The Morgan fingerprint density at radius 1 is 1.00 bits per heavy atom. The van der Waals surface area contributed by atoms with E-state index in [1.165, 1.54) is 0 Å². The lowest BCUT2D eigenvalue weighted by Crippen LogP contribution is -2.47. The number of ether oxygens (including phenoxy) is 2. The maximum Gasteiger partial charge on any atom is 0.408 e. The fourth-order valence-corrected chi connectivity index (χ4v) is 1.04. The van der Waals surface area contributed by atoms with Gasteiger partial charge >= 0.3 is 12.1 Å². The van der Waals surface area contributed by atoms with Crippen LogP contribution in [-0.2, 0) is 23.9 Å². The fourth-order valence-electron chi connectivity index (χ4n) is 1.04. The van der Waals surface area contributed by atoms with Gasteiger partial charge < -0.3 is 14.8 Å². The number of rotatable bonds is 5. The molecule has 0 fully saturated rings. The van der Waals surface area contributed by atoms with Crippen LogP contribution in [0.5, 0.6) is 0 Å². The summed E-state index contributed by atoms with van der Waals surface area (Å²) in [6.07, 6.45) is -1.26. The summed E-state index contributed by atoms with van der Waals surface area (Å²) in [5.74, 6) is -2.09. The Balaban J connectivity index is 3.88. The number of hydrogen-bond donors (Lipinski definition) is 3. The molecule has 0 aromatic carbocycles. The molecule has 120 valence electrons. The molecule has 0 unspecified atom stereocenters. The molecule has 0 aliphatic carbocycles. The average molecular weight is 303 g/mol. The van der Waals surface area contributed by atoms with E-state index in [9.17, 15) is 19.2 Å². The molecule has 0 atom stereocenters. The number of hydrogen-bond acceptors (Lipinski definition) is 6. The topological polar surface area (TPSA) is 123 Å². The van der Waals surface area contributed by atoms with Crippen molar-refractivity contribution in [3.05, 3.63) is 0 Å². The van der Waals surface area contributed by atoms with Gasteiger partial charge in [-0.1, -0.05) is 0 Å². The molecule has 21 heavy (non-hydrogen) atoms. The van der Waals surface area contributed by atoms with Crippen molar-refractivity contribution in [2.24, 2.45) is 0 Å². The first-order valence-electron chi connectivity index (χ1n) is 6.34. The molecule has 0 aliphatic rings. The zero-order valence-electron chi connectivity index (χ0n) is 12.6. The van der Waals surface area contributed by atoms with Crippen LogP contribution in [0, 0.1) is 0 Å². The lowest BCUT2D eigenvalue weighted by atomic mass is 10.2. The van der Waals surface area contributed by atoms with Crippen molar-refractivity contribution in [3.8, 4) is 0 Å². The molecule has 3 N–H and O–H groups in total. The summed E-state index contributed by atoms with van der Waals surface area (Å²) in [4.78, 5) is 44.8. The molecule has 0 rings (SSSR count). The van der Waals surface area contributed by atoms with E-state index in [0.717, 1.165) is 0 Å². The molecule has 9 nitrogen and oxygen atoms in total. The minimum Gasteiger partial charge on any atom is -0.466 e. The van der Waals surface area contributed by atoms with E-state index in [2.05, 4.69) is 10.1 Å². The van der Waals surface area contributed by atoms with Gasteiger partial charge in [-0.05, 0) is 27.7 Å². The van der Waals surface area contributed by atoms with Crippen molar-refractivity contribution in [3.63, 3.8) is 0 Å². The monoisotopic (exact) mass is 303 g/mol. The van der Waals surface area contributed by atoms with Gasteiger partial charge in [-0.25, -0.2) is 4.79 Å². The highest BCUT2D eigenvalue weighted by atomic mass is 16.6. The van der Waals surface area contributed by atoms with Gasteiger partial charge in [-0.15, -0.1) is 0 Å². The lowest BCUT2D eigenvalue weighted by molar-refractivity contribution is -0.146. The third-order valence-electron chi connectivity index (χ3n) is 1.74. The Hall–Kier alpha value is -2.32. The number of nitrogens with one attached hydrogen (secondary N) is 3. The maximum atomic E-state index is 11.3. The summed E-state index contributed by atoms with van der Waals surface area (Å²) >= 11 is 0. The smallest absolute Gasteiger partial charge is 0.408 e. The molecule has 0 saturated carbocycles. The van der Waals surface area contributed by atoms with Gasteiger partial charge in [-0.3, -0.25) is 25.2 Å². The maximum absolute atomic E-state index is 11.3. The largest absolute Gasteiger partial charge is 0.466 e. The van der Waals surface area contributed by atoms with Crippen molar-refractivity contribution in [2.45, 2.75) is 39.7 Å². The van der Waals surface area contributed by atoms with Gasteiger partial charge in [0.15, 0.2) is 0 Å². The van der Waals surface area contributed by atoms with E-state index in [1.807, 2.05) is 10.9 Å². The number of esters is 1. The minimum absolute atomic E-state index is 0.165. The van der Waals surface area contributed by atoms with E-state index in [4.69, 9.17) is 4.74 Å². The van der Waals surface area contributed by atoms with Crippen LogP contribution in [0.2, 0.25) is 0 Å². The Morgan fingerprint density at radius 2 is 1.57 bits per heavy atom. The molecule has 0 aromatic rings. The zero-order chi connectivity index (χ0) is 16.5. The normalized spacial score (nSPS) is 10.3. The quantitative estimate of drug-likeness (QED) is 0.361. The van der Waals surface area contributed by atoms with Gasteiger partial charge in [0.1, 0.15) is 18.6 Å². The number of alkyl carbamates (subject to hydrolysis) is 1. The Bertz CT molecular complexity index is 402. The highest BCUT2D eigenvalue weighted by molar-refractivity contribution is 5.95. The summed E-state index contributed by atoms with van der Waals surface area (Å²) in [5.41, 5.74) is 3.37. The second kappa shape index (κ2) is 8.77. The molecule has 0 heterocycles. The molecule has 0 spiro atoms. The molecule has 0 aliphatic heterocycles. The lowest BCUT2D eigenvalue weighted by Gasteiger charge is -2.19. The zero-order valence-corrected chi connectivity index (χ0v) is 12.6. The second-order valence-electron chi connectivity index (χ2n) is 4.93. The van der Waals surface area contributed by atoms with Crippen LogP contribution in [0.1, 0.15) is 34.1 Å². The molecule has 3 amide bonds. The number of carbonyl (C=O) groups is 4. The molecular formula is C12H21N3O6. The fraction of sp³-hybridized carbons (Fsp3) is 0.667. The van der Waals surface area contributed by atoms with E-state index in [1.54, 1.807) is 27.7 Å². The third-order valence-corrected chi connectivity index (χ3v) is 1.74. The first kappa shape index (κ1) is 18.7. The van der Waals surface area contributed by atoms with Gasteiger partial charge in [0.25, 0.3) is 5.91 Å². The summed E-state index contributed by atoms with van der Waals surface area (Å²) in [7, 11) is 0. The third kappa shape index (κ3) is 11.2. The molecule has 0 radical (unpaired) electrons. The van der Waals surface area contributed by atoms with Gasteiger partial charge in [-0.2, -0.15) is 0 Å². The number of amides is 3. The van der Waals surface area contributed by atoms with Gasteiger partial charge in [0.2, 0.25) is 5.91 Å². The number of hydrazine groups is 1. The Kier molecular flexibility index (Phi) is 7.80. The van der Waals surface area contributed by atoms with E-state index < -0.39 is 35.9 Å². The Labute approximate surface area is 122 Å². The molecule has 0 saturated heterocycles. The summed E-state index contributed by atoms with van der Waals surface area (Å²) in [6, 6.07) is 0. The average Bonchev–Trinajstić information content (AvgIpc) is 2.32. The van der Waals surface area contributed by atoms with Crippen molar-refractivity contribution in [2.75, 3.05) is 13.2 Å². The molecule has 0 aromatic heterocycles. The van der Waals surface area contributed by atoms with Crippen molar-refractivity contribution in [1.82, 2.24) is 16.2 Å². The first-order valence-corrected chi connectivity index (χ1v) is 6.34. The van der Waals surface area contributed by atoms with Crippen LogP contribution in [0.25, 0.3) is 0 Å². The van der Waals surface area contributed by atoms with Crippen LogP contribution >= 0.6 is 0 Å². The summed E-state index contributed by atoms with van der Waals surface area (Å²) in [5, 5.41) is 2.21. The summed E-state index contributed by atoms with van der Waals surface area (Å²) in [6.45, 7) is 6.44. The van der Waals surface area contributed by atoms with Crippen LogP contribution in [-0.4, -0.2) is 42.6 Å². The minimum atomic E-state index is -0.754. The molecular weight excluding hydrogens is 282 g/mol.